The Balaban J connectivity index is 2.21. The number of hydrogen-bond acceptors (Lipinski definition) is 2. The summed E-state index contributed by atoms with van der Waals surface area (Å²) in [6, 6.07) is 8.64. The molecule has 0 atom stereocenters. The molecular formula is C13H8BrCl2NO. The predicted molar refractivity (Wildman–Crippen MR) is 76.4 cm³/mol. The van der Waals surface area contributed by atoms with Crippen molar-refractivity contribution in [2.45, 2.75) is 6.42 Å². The fourth-order valence-electron chi connectivity index (χ4n) is 1.52. The summed E-state index contributed by atoms with van der Waals surface area (Å²) >= 11 is 15.1. The third-order valence-electron chi connectivity index (χ3n) is 2.41. The molecule has 0 bridgehead atoms. The number of hydrogen-bond donors (Lipinski definition) is 0. The first kappa shape index (κ1) is 13.5. The molecule has 0 saturated heterocycles. The molecule has 0 amide bonds. The van der Waals surface area contributed by atoms with Gasteiger partial charge in [0.2, 0.25) is 0 Å². The van der Waals surface area contributed by atoms with Crippen molar-refractivity contribution in [3.63, 3.8) is 0 Å². The predicted octanol–water partition coefficient (Wildman–Crippen LogP) is 4.58. The molecular weight excluding hydrogens is 337 g/mol. The Bertz CT molecular complexity index is 601. The van der Waals surface area contributed by atoms with E-state index in [1.165, 1.54) is 6.20 Å². The minimum Gasteiger partial charge on any atom is -0.294 e. The molecule has 2 rings (SSSR count). The van der Waals surface area contributed by atoms with Crippen molar-refractivity contribution in [3.05, 3.63) is 62.3 Å². The molecule has 0 unspecified atom stereocenters. The zero-order valence-corrected chi connectivity index (χ0v) is 12.3. The van der Waals surface area contributed by atoms with Gasteiger partial charge in [-0.15, -0.1) is 0 Å². The summed E-state index contributed by atoms with van der Waals surface area (Å²) < 4.78 is 0.885. The standard InChI is InChI=1S/C13H8BrCl2NO/c14-10-2-1-8(11(15)7-10)5-12(18)9-3-4-17-13(16)6-9/h1-4,6-7H,5H2. The highest BCUT2D eigenvalue weighted by Gasteiger charge is 2.10. The number of nitrogens with zero attached hydrogens (tertiary/aromatic N) is 1. The van der Waals surface area contributed by atoms with Gasteiger partial charge in [-0.2, -0.15) is 0 Å². The van der Waals surface area contributed by atoms with Crippen LogP contribution in [0.3, 0.4) is 0 Å². The number of carbonyl (C=O) groups excluding carboxylic acids is 1. The van der Waals surface area contributed by atoms with Gasteiger partial charge in [0, 0.05) is 27.7 Å². The van der Waals surface area contributed by atoms with Crippen molar-refractivity contribution in [2.75, 3.05) is 0 Å². The number of rotatable bonds is 3. The highest BCUT2D eigenvalue weighted by molar-refractivity contribution is 9.10. The quantitative estimate of drug-likeness (QED) is 0.602. The van der Waals surface area contributed by atoms with Gasteiger partial charge in [0.1, 0.15) is 5.15 Å². The van der Waals surface area contributed by atoms with Gasteiger partial charge >= 0.3 is 0 Å². The molecule has 0 fully saturated rings. The lowest BCUT2D eigenvalue weighted by Gasteiger charge is -2.04. The van der Waals surface area contributed by atoms with E-state index in [0.717, 1.165) is 10.0 Å². The summed E-state index contributed by atoms with van der Waals surface area (Å²) in [6.45, 7) is 0. The molecule has 5 heteroatoms. The van der Waals surface area contributed by atoms with E-state index < -0.39 is 0 Å². The summed E-state index contributed by atoms with van der Waals surface area (Å²) in [5.41, 5.74) is 1.33. The van der Waals surface area contributed by atoms with Crippen LogP contribution in [0.25, 0.3) is 0 Å². The van der Waals surface area contributed by atoms with Crippen molar-refractivity contribution in [1.29, 1.82) is 0 Å². The zero-order chi connectivity index (χ0) is 13.1. The molecule has 0 saturated carbocycles. The van der Waals surface area contributed by atoms with E-state index in [4.69, 9.17) is 23.2 Å². The van der Waals surface area contributed by atoms with E-state index in [2.05, 4.69) is 20.9 Å². The number of carbonyl (C=O) groups is 1. The first-order chi connectivity index (χ1) is 8.56. The Kier molecular flexibility index (Phi) is 4.38. The Labute approximate surface area is 123 Å². The van der Waals surface area contributed by atoms with Gasteiger partial charge in [0.05, 0.1) is 0 Å². The van der Waals surface area contributed by atoms with Gasteiger partial charge in [-0.05, 0) is 29.8 Å². The van der Waals surface area contributed by atoms with E-state index in [1.807, 2.05) is 12.1 Å². The van der Waals surface area contributed by atoms with Gasteiger partial charge in [0.25, 0.3) is 0 Å². The minimum atomic E-state index is -0.0384. The highest BCUT2D eigenvalue weighted by Crippen LogP contribution is 2.23. The minimum absolute atomic E-state index is 0.0384. The van der Waals surface area contributed by atoms with Crippen molar-refractivity contribution < 1.29 is 4.79 Å². The Morgan fingerprint density at radius 3 is 2.67 bits per heavy atom. The molecule has 0 aliphatic heterocycles. The van der Waals surface area contributed by atoms with Gasteiger partial charge in [0.15, 0.2) is 5.78 Å². The van der Waals surface area contributed by atoms with Gasteiger partial charge < -0.3 is 0 Å². The third-order valence-corrected chi connectivity index (χ3v) is 3.47. The summed E-state index contributed by atoms with van der Waals surface area (Å²) in [5, 5.41) is 0.876. The number of benzene rings is 1. The van der Waals surface area contributed by atoms with E-state index in [-0.39, 0.29) is 12.2 Å². The first-order valence-electron chi connectivity index (χ1n) is 5.15. The van der Waals surface area contributed by atoms with Crippen molar-refractivity contribution in [1.82, 2.24) is 4.98 Å². The molecule has 0 spiro atoms. The Hall–Kier alpha value is -0.900. The fourth-order valence-corrected chi connectivity index (χ4v) is 2.43. The maximum atomic E-state index is 12.0. The van der Waals surface area contributed by atoms with Crippen molar-refractivity contribution >= 4 is 44.9 Å². The average Bonchev–Trinajstić information content (AvgIpc) is 2.32. The van der Waals surface area contributed by atoms with Crippen LogP contribution in [-0.4, -0.2) is 10.8 Å². The molecule has 0 aliphatic carbocycles. The van der Waals surface area contributed by atoms with Gasteiger partial charge in [-0.1, -0.05) is 45.2 Å². The van der Waals surface area contributed by atoms with E-state index in [1.54, 1.807) is 18.2 Å². The van der Waals surface area contributed by atoms with Crippen LogP contribution in [0.5, 0.6) is 0 Å². The van der Waals surface area contributed by atoms with Gasteiger partial charge in [-0.3, -0.25) is 4.79 Å². The summed E-state index contributed by atoms with van der Waals surface area (Å²) in [4.78, 5) is 15.9. The summed E-state index contributed by atoms with van der Waals surface area (Å²) in [5.74, 6) is -0.0384. The Morgan fingerprint density at radius 1 is 1.22 bits per heavy atom. The molecule has 18 heavy (non-hydrogen) atoms. The molecule has 92 valence electrons. The number of aromatic nitrogens is 1. The second kappa shape index (κ2) is 5.83. The number of halogens is 3. The SMILES string of the molecule is O=C(Cc1ccc(Br)cc1Cl)c1ccnc(Cl)c1. The lowest BCUT2D eigenvalue weighted by atomic mass is 10.0. The summed E-state index contributed by atoms with van der Waals surface area (Å²) in [6.07, 6.45) is 1.76. The van der Waals surface area contributed by atoms with Crippen LogP contribution in [0.1, 0.15) is 15.9 Å². The first-order valence-corrected chi connectivity index (χ1v) is 6.70. The second-order valence-electron chi connectivity index (χ2n) is 3.70. The molecule has 2 nitrogen and oxygen atoms in total. The zero-order valence-electron chi connectivity index (χ0n) is 9.16. The van der Waals surface area contributed by atoms with Crippen molar-refractivity contribution in [3.8, 4) is 0 Å². The second-order valence-corrected chi connectivity index (χ2v) is 5.41. The van der Waals surface area contributed by atoms with E-state index in [0.29, 0.717) is 15.7 Å². The Morgan fingerprint density at radius 2 is 2.00 bits per heavy atom. The fraction of sp³-hybridized carbons (Fsp3) is 0.0769. The van der Waals surface area contributed by atoms with E-state index in [9.17, 15) is 4.79 Å². The molecule has 2 aromatic rings. The van der Waals surface area contributed by atoms with Crippen LogP contribution in [0, 0.1) is 0 Å². The normalized spacial score (nSPS) is 10.4. The lowest BCUT2D eigenvalue weighted by Crippen LogP contribution is -2.04. The molecule has 1 aromatic heterocycles. The van der Waals surface area contributed by atoms with Crippen LogP contribution in [0.4, 0.5) is 0 Å². The molecule has 1 heterocycles. The maximum absolute atomic E-state index is 12.0. The molecule has 0 aliphatic rings. The topological polar surface area (TPSA) is 30.0 Å². The smallest absolute Gasteiger partial charge is 0.167 e. The van der Waals surface area contributed by atoms with Crippen LogP contribution in [0.2, 0.25) is 10.2 Å². The van der Waals surface area contributed by atoms with Crippen LogP contribution < -0.4 is 0 Å². The molecule has 1 aromatic carbocycles. The monoisotopic (exact) mass is 343 g/mol. The number of Topliss-reactive ketones (excluding diaryl/α,β-unsaturated/α-hetero) is 1. The van der Waals surface area contributed by atoms with E-state index >= 15 is 0 Å². The van der Waals surface area contributed by atoms with Crippen LogP contribution in [0.15, 0.2) is 41.0 Å². The lowest BCUT2D eigenvalue weighted by molar-refractivity contribution is 0.0993. The van der Waals surface area contributed by atoms with Crippen LogP contribution >= 0.6 is 39.1 Å². The highest BCUT2D eigenvalue weighted by atomic mass is 79.9. The number of pyridine rings is 1. The number of ketones is 1. The average molecular weight is 345 g/mol. The molecule has 0 N–H and O–H groups in total. The summed E-state index contributed by atoms with van der Waals surface area (Å²) in [7, 11) is 0. The maximum Gasteiger partial charge on any atom is 0.167 e. The van der Waals surface area contributed by atoms with Crippen molar-refractivity contribution in [2.24, 2.45) is 0 Å². The van der Waals surface area contributed by atoms with Gasteiger partial charge in [-0.25, -0.2) is 4.98 Å². The third kappa shape index (κ3) is 3.31. The largest absolute Gasteiger partial charge is 0.294 e. The van der Waals surface area contributed by atoms with Crippen LogP contribution in [-0.2, 0) is 6.42 Å². The molecule has 0 radical (unpaired) electrons.